The highest BCUT2D eigenvalue weighted by molar-refractivity contribution is 5.85. The minimum absolute atomic E-state index is 0. The lowest BCUT2D eigenvalue weighted by Crippen LogP contribution is -2.24. The second-order valence-electron chi connectivity index (χ2n) is 5.14. The van der Waals surface area contributed by atoms with E-state index in [1.807, 2.05) is 13.1 Å². The van der Waals surface area contributed by atoms with Crippen LogP contribution in [0.3, 0.4) is 0 Å². The molecule has 4 nitrogen and oxygen atoms in total. The lowest BCUT2D eigenvalue weighted by molar-refractivity contribution is 0.313. The number of methoxy groups -OCH3 is 2. The summed E-state index contributed by atoms with van der Waals surface area (Å²) in [5.41, 5.74) is 1.28. The van der Waals surface area contributed by atoms with E-state index >= 15 is 0 Å². The molecule has 20 heavy (non-hydrogen) atoms. The summed E-state index contributed by atoms with van der Waals surface area (Å²) < 4.78 is 10.6. The second-order valence-corrected chi connectivity index (χ2v) is 5.14. The number of hydrogen-bond donors (Lipinski definition) is 1. The number of nitrogens with zero attached hydrogens (tertiary/aromatic N) is 1. The normalized spacial score (nSPS) is 18.6. The van der Waals surface area contributed by atoms with Gasteiger partial charge in [0.1, 0.15) is 0 Å². The third kappa shape index (κ3) is 4.27. The van der Waals surface area contributed by atoms with Gasteiger partial charge < -0.3 is 14.8 Å². The lowest BCUT2D eigenvalue weighted by atomic mass is 10.1. The zero-order valence-corrected chi connectivity index (χ0v) is 13.3. The van der Waals surface area contributed by atoms with Gasteiger partial charge in [-0.05, 0) is 50.2 Å². The van der Waals surface area contributed by atoms with Gasteiger partial charge in [-0.25, -0.2) is 0 Å². The summed E-state index contributed by atoms with van der Waals surface area (Å²) in [6, 6.07) is 6.17. The van der Waals surface area contributed by atoms with Crippen LogP contribution in [0, 0.1) is 5.92 Å². The van der Waals surface area contributed by atoms with Crippen molar-refractivity contribution in [2.24, 2.45) is 5.92 Å². The summed E-state index contributed by atoms with van der Waals surface area (Å²) in [6.07, 6.45) is 1.29. The monoisotopic (exact) mass is 300 g/mol. The van der Waals surface area contributed by atoms with E-state index < -0.39 is 0 Å². The van der Waals surface area contributed by atoms with Crippen molar-refractivity contribution in [3.63, 3.8) is 0 Å². The number of hydrogen-bond acceptors (Lipinski definition) is 4. The van der Waals surface area contributed by atoms with E-state index in [1.165, 1.54) is 25.1 Å². The van der Waals surface area contributed by atoms with Crippen molar-refractivity contribution in [2.45, 2.75) is 13.0 Å². The van der Waals surface area contributed by atoms with E-state index in [-0.39, 0.29) is 12.4 Å². The minimum Gasteiger partial charge on any atom is -0.493 e. The molecule has 1 aromatic rings. The van der Waals surface area contributed by atoms with Crippen molar-refractivity contribution in [3.05, 3.63) is 23.8 Å². The van der Waals surface area contributed by atoms with Gasteiger partial charge in [-0.15, -0.1) is 12.4 Å². The summed E-state index contributed by atoms with van der Waals surface area (Å²) in [5.74, 6) is 2.39. The lowest BCUT2D eigenvalue weighted by Gasteiger charge is -2.17. The first kappa shape index (κ1) is 17.1. The van der Waals surface area contributed by atoms with Crippen LogP contribution in [0.1, 0.15) is 12.0 Å². The Labute approximate surface area is 127 Å². The molecule has 0 bridgehead atoms. The molecule has 1 heterocycles. The summed E-state index contributed by atoms with van der Waals surface area (Å²) in [5, 5.41) is 3.26. The molecular formula is C15H25ClN2O2. The van der Waals surface area contributed by atoms with Gasteiger partial charge in [0, 0.05) is 13.1 Å². The van der Waals surface area contributed by atoms with Crippen LogP contribution in [0.15, 0.2) is 18.2 Å². The van der Waals surface area contributed by atoms with E-state index in [1.54, 1.807) is 14.2 Å². The topological polar surface area (TPSA) is 33.7 Å². The SMILES string of the molecule is CNCC1CCN(Cc2ccc(OC)c(OC)c2)C1.Cl. The van der Waals surface area contributed by atoms with Crippen LogP contribution in [-0.4, -0.2) is 45.8 Å². The van der Waals surface area contributed by atoms with Crippen molar-refractivity contribution in [1.29, 1.82) is 0 Å². The number of nitrogens with one attached hydrogen (secondary N) is 1. The molecule has 1 aliphatic heterocycles. The van der Waals surface area contributed by atoms with Gasteiger partial charge in [0.25, 0.3) is 0 Å². The molecule has 2 rings (SSSR count). The maximum atomic E-state index is 5.35. The predicted molar refractivity (Wildman–Crippen MR) is 84.1 cm³/mol. The quantitative estimate of drug-likeness (QED) is 0.873. The van der Waals surface area contributed by atoms with Crippen LogP contribution in [0.2, 0.25) is 0 Å². The van der Waals surface area contributed by atoms with Crippen molar-refractivity contribution in [2.75, 3.05) is 40.9 Å². The minimum atomic E-state index is 0. The van der Waals surface area contributed by atoms with Gasteiger partial charge in [-0.3, -0.25) is 4.90 Å². The highest BCUT2D eigenvalue weighted by Crippen LogP contribution is 2.28. The zero-order chi connectivity index (χ0) is 13.7. The summed E-state index contributed by atoms with van der Waals surface area (Å²) in [4.78, 5) is 2.50. The average Bonchev–Trinajstić information content (AvgIpc) is 2.86. The van der Waals surface area contributed by atoms with E-state index in [0.717, 1.165) is 30.5 Å². The molecular weight excluding hydrogens is 276 g/mol. The smallest absolute Gasteiger partial charge is 0.161 e. The Morgan fingerprint density at radius 2 is 2.00 bits per heavy atom. The van der Waals surface area contributed by atoms with E-state index in [4.69, 9.17) is 9.47 Å². The summed E-state index contributed by atoms with van der Waals surface area (Å²) in [6.45, 7) is 4.46. The molecule has 1 atom stereocenters. The van der Waals surface area contributed by atoms with Gasteiger partial charge in [-0.2, -0.15) is 0 Å². The standard InChI is InChI=1S/C15H24N2O2.ClH/c1-16-9-13-6-7-17(11-13)10-12-4-5-14(18-2)15(8-12)19-3;/h4-5,8,13,16H,6-7,9-11H2,1-3H3;1H. The summed E-state index contributed by atoms with van der Waals surface area (Å²) in [7, 11) is 5.37. The predicted octanol–water partition coefficient (Wildman–Crippen LogP) is 2.17. The third-order valence-corrected chi connectivity index (χ3v) is 3.72. The first-order valence-corrected chi connectivity index (χ1v) is 6.84. The van der Waals surface area contributed by atoms with Crippen LogP contribution in [0.25, 0.3) is 0 Å². The van der Waals surface area contributed by atoms with Crippen molar-refractivity contribution in [1.82, 2.24) is 10.2 Å². The van der Waals surface area contributed by atoms with Crippen LogP contribution in [0.4, 0.5) is 0 Å². The van der Waals surface area contributed by atoms with Crippen molar-refractivity contribution in [3.8, 4) is 11.5 Å². The van der Waals surface area contributed by atoms with Gasteiger partial charge >= 0.3 is 0 Å². The van der Waals surface area contributed by atoms with Crippen LogP contribution >= 0.6 is 12.4 Å². The highest BCUT2D eigenvalue weighted by atomic mass is 35.5. The molecule has 5 heteroatoms. The molecule has 0 spiro atoms. The maximum absolute atomic E-state index is 5.35. The van der Waals surface area contributed by atoms with Crippen LogP contribution < -0.4 is 14.8 Å². The Morgan fingerprint density at radius 1 is 1.25 bits per heavy atom. The molecule has 1 aliphatic rings. The van der Waals surface area contributed by atoms with Crippen molar-refractivity contribution >= 4 is 12.4 Å². The fourth-order valence-corrected chi connectivity index (χ4v) is 2.75. The van der Waals surface area contributed by atoms with Crippen LogP contribution in [0.5, 0.6) is 11.5 Å². The molecule has 0 amide bonds. The molecule has 0 saturated carbocycles. The first-order valence-electron chi connectivity index (χ1n) is 6.84. The van der Waals surface area contributed by atoms with Gasteiger partial charge in [0.15, 0.2) is 11.5 Å². The first-order chi connectivity index (χ1) is 9.26. The molecule has 0 aromatic heterocycles. The van der Waals surface area contributed by atoms with Gasteiger partial charge in [0.2, 0.25) is 0 Å². The van der Waals surface area contributed by atoms with E-state index in [2.05, 4.69) is 22.3 Å². The van der Waals surface area contributed by atoms with Crippen LogP contribution in [-0.2, 0) is 6.54 Å². The zero-order valence-electron chi connectivity index (χ0n) is 12.5. The molecule has 0 aliphatic carbocycles. The Bertz CT molecular complexity index is 415. The molecule has 114 valence electrons. The van der Waals surface area contributed by atoms with Gasteiger partial charge in [-0.1, -0.05) is 6.07 Å². The Morgan fingerprint density at radius 3 is 2.65 bits per heavy atom. The molecule has 1 N–H and O–H groups in total. The van der Waals surface area contributed by atoms with Crippen molar-refractivity contribution < 1.29 is 9.47 Å². The fourth-order valence-electron chi connectivity index (χ4n) is 2.75. The maximum Gasteiger partial charge on any atom is 0.161 e. The number of likely N-dealkylation sites (tertiary alicyclic amines) is 1. The number of rotatable bonds is 6. The molecule has 1 saturated heterocycles. The highest BCUT2D eigenvalue weighted by Gasteiger charge is 2.21. The Hall–Kier alpha value is -0.970. The average molecular weight is 301 g/mol. The number of halogens is 1. The Balaban J connectivity index is 0.00000200. The molecule has 1 fully saturated rings. The largest absolute Gasteiger partial charge is 0.493 e. The molecule has 1 aromatic carbocycles. The molecule has 0 radical (unpaired) electrons. The summed E-state index contributed by atoms with van der Waals surface area (Å²) >= 11 is 0. The fraction of sp³-hybridized carbons (Fsp3) is 0.600. The number of ether oxygens (including phenoxy) is 2. The van der Waals surface area contributed by atoms with E-state index in [0.29, 0.717) is 0 Å². The van der Waals surface area contributed by atoms with Gasteiger partial charge in [0.05, 0.1) is 14.2 Å². The number of benzene rings is 1. The molecule has 1 unspecified atom stereocenters. The van der Waals surface area contributed by atoms with E-state index in [9.17, 15) is 0 Å². The second kappa shape index (κ2) is 8.35. The Kier molecular flexibility index (Phi) is 7.13. The third-order valence-electron chi connectivity index (χ3n) is 3.72.